The van der Waals surface area contributed by atoms with Crippen LogP contribution in [0.25, 0.3) is 5.78 Å². The molecular formula is C17H20N4O3. The number of benzene rings is 1. The van der Waals surface area contributed by atoms with E-state index < -0.39 is 6.10 Å². The number of aliphatic hydroxyl groups is 1. The Balaban J connectivity index is 1.74. The van der Waals surface area contributed by atoms with Crippen molar-refractivity contribution in [1.82, 2.24) is 19.2 Å². The van der Waals surface area contributed by atoms with Gasteiger partial charge < -0.3 is 14.4 Å². The van der Waals surface area contributed by atoms with Gasteiger partial charge in [0.25, 0.3) is 5.56 Å². The van der Waals surface area contributed by atoms with E-state index >= 15 is 0 Å². The third-order valence-electron chi connectivity index (χ3n) is 3.89. The second-order valence-corrected chi connectivity index (χ2v) is 5.94. The lowest BCUT2D eigenvalue weighted by Crippen LogP contribution is -2.28. The zero-order chi connectivity index (χ0) is 17.3. The van der Waals surface area contributed by atoms with Crippen molar-refractivity contribution >= 4 is 5.78 Å². The van der Waals surface area contributed by atoms with Crippen LogP contribution in [0.1, 0.15) is 16.8 Å². The smallest absolute Gasteiger partial charge is 0.275 e. The van der Waals surface area contributed by atoms with E-state index in [4.69, 9.17) is 4.74 Å². The predicted octanol–water partition coefficient (Wildman–Crippen LogP) is 1.26. The fourth-order valence-corrected chi connectivity index (χ4v) is 2.69. The van der Waals surface area contributed by atoms with Crippen LogP contribution in [0.4, 0.5) is 0 Å². The van der Waals surface area contributed by atoms with Crippen molar-refractivity contribution in [3.05, 3.63) is 57.8 Å². The molecule has 126 valence electrons. The molecule has 0 radical (unpaired) electrons. The Bertz CT molecular complexity index is 929. The highest BCUT2D eigenvalue weighted by Crippen LogP contribution is 2.19. The molecule has 2 heterocycles. The molecule has 3 rings (SSSR count). The number of aromatic nitrogens is 4. The van der Waals surface area contributed by atoms with Crippen LogP contribution in [0.5, 0.6) is 5.75 Å². The highest BCUT2D eigenvalue weighted by molar-refractivity contribution is 5.35. The molecule has 0 saturated heterocycles. The van der Waals surface area contributed by atoms with Gasteiger partial charge in [-0.2, -0.15) is 14.6 Å². The normalized spacial score (nSPS) is 12.5. The van der Waals surface area contributed by atoms with Crippen molar-refractivity contribution in [2.24, 2.45) is 0 Å². The maximum atomic E-state index is 11.8. The van der Waals surface area contributed by atoms with Crippen molar-refractivity contribution in [1.29, 1.82) is 0 Å². The average Bonchev–Trinajstić information content (AvgIpc) is 3.00. The molecule has 7 nitrogen and oxygen atoms in total. The van der Waals surface area contributed by atoms with Crippen molar-refractivity contribution < 1.29 is 9.84 Å². The summed E-state index contributed by atoms with van der Waals surface area (Å²) in [5, 5.41) is 14.2. The first kappa shape index (κ1) is 16.2. The predicted molar refractivity (Wildman–Crippen MR) is 89.4 cm³/mol. The van der Waals surface area contributed by atoms with Gasteiger partial charge in [0, 0.05) is 11.8 Å². The van der Waals surface area contributed by atoms with E-state index in [0.717, 1.165) is 11.3 Å². The number of hydrogen-bond donors (Lipinski definition) is 1. The van der Waals surface area contributed by atoms with Crippen molar-refractivity contribution in [3.63, 3.8) is 0 Å². The zero-order valence-electron chi connectivity index (χ0n) is 13.9. The molecule has 3 aromatic rings. The van der Waals surface area contributed by atoms with Crippen LogP contribution >= 0.6 is 0 Å². The standard InChI is InChI=1S/C17H20N4O3/c1-11-4-5-15(12(2)6-11)24-9-14(22)8-20-13(3)7-16(23)21-17(20)18-10-19-21/h4-7,10,14,22H,8-9H2,1-3H3/t14-/m1/s1. The molecule has 0 bridgehead atoms. The maximum absolute atomic E-state index is 11.8. The summed E-state index contributed by atoms with van der Waals surface area (Å²) in [6.07, 6.45) is 0.581. The van der Waals surface area contributed by atoms with E-state index in [2.05, 4.69) is 10.1 Å². The number of aliphatic hydroxyl groups excluding tert-OH is 1. The van der Waals surface area contributed by atoms with Crippen LogP contribution in [0.15, 0.2) is 35.4 Å². The molecule has 0 unspecified atom stereocenters. The lowest BCUT2D eigenvalue weighted by Gasteiger charge is -2.17. The molecule has 0 aliphatic heterocycles. The van der Waals surface area contributed by atoms with E-state index in [-0.39, 0.29) is 18.7 Å². The highest BCUT2D eigenvalue weighted by atomic mass is 16.5. The van der Waals surface area contributed by atoms with Gasteiger partial charge in [-0.3, -0.25) is 4.79 Å². The molecule has 0 fully saturated rings. The zero-order valence-corrected chi connectivity index (χ0v) is 13.9. The maximum Gasteiger partial charge on any atom is 0.275 e. The molecule has 1 N–H and O–H groups in total. The highest BCUT2D eigenvalue weighted by Gasteiger charge is 2.13. The Kier molecular flexibility index (Phi) is 4.35. The van der Waals surface area contributed by atoms with E-state index in [0.29, 0.717) is 11.5 Å². The van der Waals surface area contributed by atoms with Gasteiger partial charge in [-0.15, -0.1) is 0 Å². The van der Waals surface area contributed by atoms with Gasteiger partial charge in [0.1, 0.15) is 24.8 Å². The summed E-state index contributed by atoms with van der Waals surface area (Å²) in [6, 6.07) is 7.38. The molecule has 1 aromatic carbocycles. The summed E-state index contributed by atoms with van der Waals surface area (Å²) in [4.78, 5) is 15.9. The fraction of sp³-hybridized carbons (Fsp3) is 0.353. The fourth-order valence-electron chi connectivity index (χ4n) is 2.69. The van der Waals surface area contributed by atoms with Crippen LogP contribution < -0.4 is 10.3 Å². The molecule has 2 aromatic heterocycles. The lowest BCUT2D eigenvalue weighted by atomic mass is 10.1. The third kappa shape index (κ3) is 3.16. The van der Waals surface area contributed by atoms with Gasteiger partial charge in [-0.25, -0.2) is 0 Å². The summed E-state index contributed by atoms with van der Waals surface area (Å²) in [7, 11) is 0. The summed E-state index contributed by atoms with van der Waals surface area (Å²) in [5.41, 5.74) is 2.67. The Morgan fingerprint density at radius 3 is 2.79 bits per heavy atom. The minimum absolute atomic E-state index is 0.149. The molecule has 1 atom stereocenters. The quantitative estimate of drug-likeness (QED) is 0.762. The van der Waals surface area contributed by atoms with E-state index in [1.807, 2.05) is 32.0 Å². The molecule has 0 spiro atoms. The van der Waals surface area contributed by atoms with Crippen molar-refractivity contribution in [3.8, 4) is 5.75 Å². The Morgan fingerprint density at radius 2 is 2.04 bits per heavy atom. The summed E-state index contributed by atoms with van der Waals surface area (Å²) < 4.78 is 8.68. The number of hydrogen-bond acceptors (Lipinski definition) is 5. The summed E-state index contributed by atoms with van der Waals surface area (Å²) >= 11 is 0. The SMILES string of the molecule is Cc1ccc(OC[C@H](O)Cn2c(C)cc(=O)n3ncnc23)c(C)c1. The minimum Gasteiger partial charge on any atom is -0.491 e. The number of rotatable bonds is 5. The molecule has 0 aliphatic carbocycles. The van der Waals surface area contributed by atoms with E-state index in [1.165, 1.54) is 22.5 Å². The van der Waals surface area contributed by atoms with Crippen molar-refractivity contribution in [2.75, 3.05) is 6.61 Å². The van der Waals surface area contributed by atoms with Gasteiger partial charge in [-0.05, 0) is 32.4 Å². The minimum atomic E-state index is -0.743. The summed E-state index contributed by atoms with van der Waals surface area (Å²) in [6.45, 7) is 6.21. The lowest BCUT2D eigenvalue weighted by molar-refractivity contribution is 0.0921. The number of aryl methyl sites for hydroxylation is 3. The molecule has 7 heteroatoms. The average molecular weight is 328 g/mol. The van der Waals surface area contributed by atoms with Gasteiger partial charge in [0.2, 0.25) is 5.78 Å². The Hall–Kier alpha value is -2.67. The Labute approximate surface area is 139 Å². The monoisotopic (exact) mass is 328 g/mol. The number of fused-ring (bicyclic) bond motifs is 1. The Morgan fingerprint density at radius 1 is 1.25 bits per heavy atom. The topological polar surface area (TPSA) is 81.7 Å². The van der Waals surface area contributed by atoms with Crippen LogP contribution in [0, 0.1) is 20.8 Å². The van der Waals surface area contributed by atoms with Crippen LogP contribution in [-0.2, 0) is 6.54 Å². The largest absolute Gasteiger partial charge is 0.491 e. The van der Waals surface area contributed by atoms with Crippen LogP contribution in [0.2, 0.25) is 0 Å². The number of ether oxygens (including phenoxy) is 1. The molecule has 0 saturated carbocycles. The van der Waals surface area contributed by atoms with Gasteiger partial charge >= 0.3 is 0 Å². The first-order valence-electron chi connectivity index (χ1n) is 7.74. The van der Waals surface area contributed by atoms with E-state index in [1.54, 1.807) is 11.5 Å². The second-order valence-electron chi connectivity index (χ2n) is 5.94. The third-order valence-corrected chi connectivity index (χ3v) is 3.89. The molecule has 0 amide bonds. The first-order valence-corrected chi connectivity index (χ1v) is 7.74. The first-order chi connectivity index (χ1) is 11.5. The van der Waals surface area contributed by atoms with Crippen LogP contribution in [-0.4, -0.2) is 37.0 Å². The van der Waals surface area contributed by atoms with Gasteiger partial charge in [0.05, 0.1) is 6.54 Å². The van der Waals surface area contributed by atoms with Gasteiger partial charge in [-0.1, -0.05) is 17.7 Å². The molecular weight excluding hydrogens is 308 g/mol. The number of nitrogens with zero attached hydrogens (tertiary/aromatic N) is 4. The van der Waals surface area contributed by atoms with Gasteiger partial charge in [0.15, 0.2) is 0 Å². The molecule has 0 aliphatic rings. The van der Waals surface area contributed by atoms with E-state index in [9.17, 15) is 9.90 Å². The summed E-state index contributed by atoms with van der Waals surface area (Å²) in [5.74, 6) is 1.16. The molecule has 24 heavy (non-hydrogen) atoms. The second kappa shape index (κ2) is 6.45. The van der Waals surface area contributed by atoms with Crippen LogP contribution in [0.3, 0.4) is 0 Å². The van der Waals surface area contributed by atoms with Crippen molar-refractivity contribution in [2.45, 2.75) is 33.4 Å².